The SMILES string of the molecule is CN(C)S(=O)(=O)c1cccc(NS(=O)(=O)c2cc(Cl)cc(Cl)c2)c1. The summed E-state index contributed by atoms with van der Waals surface area (Å²) in [6.07, 6.45) is 0. The summed E-state index contributed by atoms with van der Waals surface area (Å²) in [6.45, 7) is 0. The average molecular weight is 409 g/mol. The van der Waals surface area contributed by atoms with E-state index in [-0.39, 0.29) is 25.5 Å². The smallest absolute Gasteiger partial charge is 0.261 e. The van der Waals surface area contributed by atoms with E-state index in [0.29, 0.717) is 0 Å². The fourth-order valence-corrected chi connectivity index (χ4v) is 4.55. The zero-order chi connectivity index (χ0) is 18.1. The number of hydrogen-bond donors (Lipinski definition) is 1. The van der Waals surface area contributed by atoms with E-state index in [1.165, 1.54) is 56.6 Å². The maximum absolute atomic E-state index is 12.4. The summed E-state index contributed by atoms with van der Waals surface area (Å²) in [7, 11) is -4.87. The van der Waals surface area contributed by atoms with Crippen molar-refractivity contribution in [1.82, 2.24) is 4.31 Å². The van der Waals surface area contributed by atoms with E-state index < -0.39 is 20.0 Å². The molecule has 0 aliphatic heterocycles. The van der Waals surface area contributed by atoms with Crippen LogP contribution in [0.3, 0.4) is 0 Å². The molecule has 130 valence electrons. The van der Waals surface area contributed by atoms with E-state index >= 15 is 0 Å². The van der Waals surface area contributed by atoms with Crippen molar-refractivity contribution in [2.24, 2.45) is 0 Å². The Morgan fingerprint density at radius 3 is 2.00 bits per heavy atom. The number of hydrogen-bond acceptors (Lipinski definition) is 4. The molecular formula is C14H14Cl2N2O4S2. The first kappa shape index (κ1) is 19.0. The van der Waals surface area contributed by atoms with Crippen LogP contribution < -0.4 is 4.72 Å². The predicted octanol–water partition coefficient (Wildman–Crippen LogP) is 3.04. The Balaban J connectivity index is 2.41. The van der Waals surface area contributed by atoms with Crippen molar-refractivity contribution in [2.45, 2.75) is 9.79 Å². The average Bonchev–Trinajstić information content (AvgIpc) is 2.45. The number of nitrogens with zero attached hydrogens (tertiary/aromatic N) is 1. The standard InChI is InChI=1S/C14H14Cl2N2O4S2/c1-18(2)24(21,22)13-5-3-4-12(9-13)17-23(19,20)14-7-10(15)6-11(16)8-14/h3-9,17H,1-2H3. The minimum atomic E-state index is -3.97. The second-order valence-corrected chi connectivity index (χ2v) is 9.73. The van der Waals surface area contributed by atoms with Gasteiger partial charge in [-0.1, -0.05) is 29.3 Å². The summed E-state index contributed by atoms with van der Waals surface area (Å²) in [5, 5.41) is 0.346. The second kappa shape index (κ2) is 6.89. The van der Waals surface area contributed by atoms with E-state index in [1.54, 1.807) is 0 Å². The molecule has 0 unspecified atom stereocenters. The first-order valence-corrected chi connectivity index (χ1v) is 10.2. The van der Waals surface area contributed by atoms with Crippen molar-refractivity contribution in [3.05, 3.63) is 52.5 Å². The normalized spacial score (nSPS) is 12.4. The highest BCUT2D eigenvalue weighted by Gasteiger charge is 2.20. The van der Waals surface area contributed by atoms with Gasteiger partial charge in [-0.15, -0.1) is 0 Å². The molecular weight excluding hydrogens is 395 g/mol. The molecule has 0 aromatic heterocycles. The number of anilines is 1. The predicted molar refractivity (Wildman–Crippen MR) is 94.6 cm³/mol. The Morgan fingerprint density at radius 2 is 1.46 bits per heavy atom. The second-order valence-electron chi connectivity index (χ2n) is 5.03. The largest absolute Gasteiger partial charge is 0.280 e. The van der Waals surface area contributed by atoms with Crippen molar-refractivity contribution in [1.29, 1.82) is 0 Å². The molecule has 0 aliphatic carbocycles. The Bertz CT molecular complexity index is 954. The van der Waals surface area contributed by atoms with Crippen molar-refractivity contribution < 1.29 is 16.8 Å². The third kappa shape index (κ3) is 4.20. The molecule has 1 N–H and O–H groups in total. The van der Waals surface area contributed by atoms with Gasteiger partial charge in [0.15, 0.2) is 0 Å². The van der Waals surface area contributed by atoms with Crippen LogP contribution in [0.5, 0.6) is 0 Å². The summed E-state index contributed by atoms with van der Waals surface area (Å²) < 4.78 is 52.4. The lowest BCUT2D eigenvalue weighted by Gasteiger charge is -2.13. The van der Waals surface area contributed by atoms with Crippen molar-refractivity contribution in [3.8, 4) is 0 Å². The molecule has 2 aromatic rings. The van der Waals surface area contributed by atoms with Gasteiger partial charge in [0.1, 0.15) is 0 Å². The van der Waals surface area contributed by atoms with E-state index in [4.69, 9.17) is 23.2 Å². The lowest BCUT2D eigenvalue weighted by atomic mass is 10.3. The molecule has 2 rings (SSSR count). The van der Waals surface area contributed by atoms with Crippen molar-refractivity contribution >= 4 is 48.9 Å². The van der Waals surface area contributed by atoms with Crippen LogP contribution in [0, 0.1) is 0 Å². The summed E-state index contributed by atoms with van der Waals surface area (Å²) in [6, 6.07) is 9.40. The van der Waals surface area contributed by atoms with E-state index in [0.717, 1.165) is 4.31 Å². The fourth-order valence-electron chi connectivity index (χ4n) is 1.83. The van der Waals surface area contributed by atoms with Gasteiger partial charge in [0.05, 0.1) is 15.5 Å². The van der Waals surface area contributed by atoms with Crippen LogP contribution in [0.25, 0.3) is 0 Å². The summed E-state index contributed by atoms with van der Waals surface area (Å²) in [5.41, 5.74) is 0.106. The molecule has 6 nitrogen and oxygen atoms in total. The van der Waals surface area contributed by atoms with Gasteiger partial charge < -0.3 is 0 Å². The molecule has 0 radical (unpaired) electrons. The third-order valence-electron chi connectivity index (χ3n) is 3.01. The van der Waals surface area contributed by atoms with Crippen molar-refractivity contribution in [3.63, 3.8) is 0 Å². The van der Waals surface area contributed by atoms with E-state index in [2.05, 4.69) is 4.72 Å². The van der Waals surface area contributed by atoms with Crippen LogP contribution in [-0.2, 0) is 20.0 Å². The van der Waals surface area contributed by atoms with Crippen molar-refractivity contribution in [2.75, 3.05) is 18.8 Å². The molecule has 2 aromatic carbocycles. The minimum Gasteiger partial charge on any atom is -0.280 e. The highest BCUT2D eigenvalue weighted by atomic mass is 35.5. The molecule has 0 aliphatic rings. The Hall–Kier alpha value is -1.32. The topological polar surface area (TPSA) is 83.6 Å². The monoisotopic (exact) mass is 408 g/mol. The molecule has 0 bridgehead atoms. The number of halogens is 2. The quantitative estimate of drug-likeness (QED) is 0.823. The third-order valence-corrected chi connectivity index (χ3v) is 6.62. The number of rotatable bonds is 5. The minimum absolute atomic E-state index is 0.0307. The molecule has 0 fully saturated rings. The molecule has 24 heavy (non-hydrogen) atoms. The van der Waals surface area contributed by atoms with Gasteiger partial charge in [-0.3, -0.25) is 4.72 Å². The van der Waals surface area contributed by atoms with E-state index in [1.807, 2.05) is 0 Å². The summed E-state index contributed by atoms with van der Waals surface area (Å²) >= 11 is 11.6. The zero-order valence-electron chi connectivity index (χ0n) is 12.7. The van der Waals surface area contributed by atoms with Gasteiger partial charge in [0, 0.05) is 24.1 Å². The van der Waals surface area contributed by atoms with Crippen LogP contribution >= 0.6 is 23.2 Å². The molecule has 0 atom stereocenters. The Morgan fingerprint density at radius 1 is 0.875 bits per heavy atom. The molecule has 0 amide bonds. The van der Waals surface area contributed by atoms with Gasteiger partial charge in [-0.25, -0.2) is 21.1 Å². The maximum atomic E-state index is 12.4. The van der Waals surface area contributed by atoms with Crippen LogP contribution in [0.1, 0.15) is 0 Å². The van der Waals surface area contributed by atoms with Gasteiger partial charge in [0.2, 0.25) is 10.0 Å². The molecule has 0 spiro atoms. The van der Waals surface area contributed by atoms with Crippen LogP contribution in [0.4, 0.5) is 5.69 Å². The van der Waals surface area contributed by atoms with Gasteiger partial charge in [-0.2, -0.15) is 0 Å². The molecule has 0 heterocycles. The van der Waals surface area contributed by atoms with E-state index in [9.17, 15) is 16.8 Å². The molecule has 0 saturated heterocycles. The maximum Gasteiger partial charge on any atom is 0.261 e. The lowest BCUT2D eigenvalue weighted by Crippen LogP contribution is -2.22. The van der Waals surface area contributed by atoms with Gasteiger partial charge in [-0.05, 0) is 36.4 Å². The summed E-state index contributed by atoms with van der Waals surface area (Å²) in [4.78, 5) is -0.155. The van der Waals surface area contributed by atoms with Crippen LogP contribution in [0.15, 0.2) is 52.3 Å². The Labute approximate surface area is 151 Å². The Kier molecular flexibility index (Phi) is 5.46. The first-order chi connectivity index (χ1) is 11.0. The molecule has 0 saturated carbocycles. The van der Waals surface area contributed by atoms with Gasteiger partial charge in [0.25, 0.3) is 10.0 Å². The van der Waals surface area contributed by atoms with Crippen LogP contribution in [-0.4, -0.2) is 35.2 Å². The zero-order valence-corrected chi connectivity index (χ0v) is 15.8. The number of sulfonamides is 2. The summed E-state index contributed by atoms with van der Waals surface area (Å²) in [5.74, 6) is 0. The number of benzene rings is 2. The molecule has 10 heteroatoms. The lowest BCUT2D eigenvalue weighted by molar-refractivity contribution is 0.521. The van der Waals surface area contributed by atoms with Crippen LogP contribution in [0.2, 0.25) is 10.0 Å². The fraction of sp³-hybridized carbons (Fsp3) is 0.143. The number of nitrogens with one attached hydrogen (secondary N) is 1. The van der Waals surface area contributed by atoms with Gasteiger partial charge >= 0.3 is 0 Å². The highest BCUT2D eigenvalue weighted by molar-refractivity contribution is 7.92. The highest BCUT2D eigenvalue weighted by Crippen LogP contribution is 2.25. The first-order valence-electron chi connectivity index (χ1n) is 6.54.